The number of carbonyl (C=O) groups excluding carboxylic acids is 1. The minimum absolute atomic E-state index is 0.152. The number of nitrogens with zero attached hydrogens (tertiary/aromatic N) is 1. The van der Waals surface area contributed by atoms with Crippen molar-refractivity contribution in [2.75, 3.05) is 4.90 Å². The second kappa shape index (κ2) is 9.04. The number of halogens is 1. The van der Waals surface area contributed by atoms with Crippen LogP contribution in [0.15, 0.2) is 77.7 Å². The fourth-order valence-corrected chi connectivity index (χ4v) is 4.41. The zero-order valence-corrected chi connectivity index (χ0v) is 18.6. The molecular weight excluding hydrogens is 434 g/mol. The minimum Gasteiger partial charge on any atom is -0.488 e. The van der Waals surface area contributed by atoms with E-state index in [2.05, 4.69) is 31.2 Å². The van der Waals surface area contributed by atoms with Crippen molar-refractivity contribution < 1.29 is 9.53 Å². The van der Waals surface area contributed by atoms with Crippen LogP contribution in [-0.4, -0.2) is 10.2 Å². The molecule has 0 spiro atoms. The van der Waals surface area contributed by atoms with Gasteiger partial charge in [-0.3, -0.25) is 9.69 Å². The van der Waals surface area contributed by atoms with Gasteiger partial charge in [0, 0.05) is 10.6 Å². The quantitative estimate of drug-likeness (QED) is 0.321. The third-order valence-electron chi connectivity index (χ3n) is 4.60. The molecule has 1 fully saturated rings. The van der Waals surface area contributed by atoms with Crippen LogP contribution in [0.25, 0.3) is 6.08 Å². The molecule has 1 saturated heterocycles. The van der Waals surface area contributed by atoms with Crippen LogP contribution in [0.5, 0.6) is 5.75 Å². The third-order valence-corrected chi connectivity index (χ3v) is 6.15. The molecule has 4 rings (SSSR count). The Labute approximate surface area is 190 Å². The van der Waals surface area contributed by atoms with Crippen molar-refractivity contribution in [3.8, 4) is 5.75 Å². The van der Waals surface area contributed by atoms with Gasteiger partial charge in [-0.15, -0.1) is 0 Å². The van der Waals surface area contributed by atoms with Crippen molar-refractivity contribution in [1.82, 2.24) is 0 Å². The molecule has 1 amide bonds. The van der Waals surface area contributed by atoms with E-state index in [1.807, 2.05) is 30.3 Å². The number of benzene rings is 3. The van der Waals surface area contributed by atoms with Crippen LogP contribution in [0.2, 0.25) is 5.02 Å². The predicted molar refractivity (Wildman–Crippen MR) is 129 cm³/mol. The SMILES string of the molecule is Cc1ccc(COc2ccccc2/C=C2\SC(=S)N(c3ccc(Cl)cc3)C2=O)cc1. The molecule has 1 aliphatic rings. The fraction of sp³-hybridized carbons (Fsp3) is 0.0833. The van der Waals surface area contributed by atoms with Gasteiger partial charge < -0.3 is 4.74 Å². The van der Waals surface area contributed by atoms with E-state index in [1.54, 1.807) is 24.3 Å². The first-order chi connectivity index (χ1) is 14.5. The fourth-order valence-electron chi connectivity index (χ4n) is 3.00. The van der Waals surface area contributed by atoms with E-state index < -0.39 is 0 Å². The first-order valence-corrected chi connectivity index (χ1v) is 10.9. The zero-order valence-electron chi connectivity index (χ0n) is 16.2. The molecule has 0 saturated carbocycles. The molecular formula is C24H18ClNO2S2. The maximum Gasteiger partial charge on any atom is 0.270 e. The number of hydrogen-bond donors (Lipinski definition) is 0. The molecule has 150 valence electrons. The van der Waals surface area contributed by atoms with Crippen molar-refractivity contribution >= 4 is 57.6 Å². The number of rotatable bonds is 5. The largest absolute Gasteiger partial charge is 0.488 e. The van der Waals surface area contributed by atoms with E-state index in [1.165, 1.54) is 22.2 Å². The topological polar surface area (TPSA) is 29.5 Å². The second-order valence-electron chi connectivity index (χ2n) is 6.81. The van der Waals surface area contributed by atoms with Gasteiger partial charge in [0.05, 0.1) is 10.6 Å². The molecule has 1 aliphatic heterocycles. The van der Waals surface area contributed by atoms with Crippen LogP contribution in [-0.2, 0) is 11.4 Å². The number of ether oxygens (including phenoxy) is 1. The van der Waals surface area contributed by atoms with Crippen molar-refractivity contribution in [1.29, 1.82) is 0 Å². The average molecular weight is 452 g/mol. The first kappa shape index (κ1) is 20.7. The molecule has 3 aromatic rings. The number of anilines is 1. The molecule has 0 N–H and O–H groups in total. The molecule has 0 aliphatic carbocycles. The summed E-state index contributed by atoms with van der Waals surface area (Å²) >= 11 is 12.7. The van der Waals surface area contributed by atoms with Crippen molar-refractivity contribution in [3.63, 3.8) is 0 Å². The van der Waals surface area contributed by atoms with Gasteiger partial charge in [-0.2, -0.15) is 0 Å². The Morgan fingerprint density at radius 3 is 2.47 bits per heavy atom. The summed E-state index contributed by atoms with van der Waals surface area (Å²) in [4.78, 5) is 15.1. The highest BCUT2D eigenvalue weighted by Gasteiger charge is 2.33. The second-order valence-corrected chi connectivity index (χ2v) is 8.92. The van der Waals surface area contributed by atoms with Gasteiger partial charge in [-0.05, 0) is 48.9 Å². The summed E-state index contributed by atoms with van der Waals surface area (Å²) in [6.07, 6.45) is 1.83. The number of thiocarbonyl (C=S) groups is 1. The van der Waals surface area contributed by atoms with Crippen molar-refractivity contribution in [2.24, 2.45) is 0 Å². The Morgan fingerprint density at radius 2 is 1.73 bits per heavy atom. The number of carbonyl (C=O) groups is 1. The van der Waals surface area contributed by atoms with Crippen molar-refractivity contribution in [3.05, 3.63) is 99.4 Å². The van der Waals surface area contributed by atoms with Gasteiger partial charge in [0.25, 0.3) is 5.91 Å². The summed E-state index contributed by atoms with van der Waals surface area (Å²) in [7, 11) is 0. The van der Waals surface area contributed by atoms with E-state index >= 15 is 0 Å². The third kappa shape index (κ3) is 4.59. The Bertz CT molecular complexity index is 1120. The highest BCUT2D eigenvalue weighted by Crippen LogP contribution is 2.37. The van der Waals surface area contributed by atoms with E-state index in [4.69, 9.17) is 28.6 Å². The molecule has 6 heteroatoms. The average Bonchev–Trinajstić information content (AvgIpc) is 3.02. The van der Waals surface area contributed by atoms with E-state index in [-0.39, 0.29) is 5.91 Å². The standard InChI is InChI=1S/C24H18ClNO2S2/c1-16-6-8-17(9-7-16)15-28-21-5-3-2-4-18(21)14-22-23(27)26(24(29)30-22)20-12-10-19(25)11-13-20/h2-14H,15H2,1H3/b22-14-. The van der Waals surface area contributed by atoms with Gasteiger partial charge in [-0.1, -0.05) is 83.6 Å². The van der Waals surface area contributed by atoms with Crippen LogP contribution in [0.3, 0.4) is 0 Å². The van der Waals surface area contributed by atoms with Gasteiger partial charge in [-0.25, -0.2) is 0 Å². The summed E-state index contributed by atoms with van der Waals surface area (Å²) in [5.41, 5.74) is 3.83. The van der Waals surface area contributed by atoms with Gasteiger partial charge in [0.2, 0.25) is 0 Å². The van der Waals surface area contributed by atoms with Crippen molar-refractivity contribution in [2.45, 2.75) is 13.5 Å². The first-order valence-electron chi connectivity index (χ1n) is 9.32. The smallest absolute Gasteiger partial charge is 0.270 e. The zero-order chi connectivity index (χ0) is 21.1. The minimum atomic E-state index is -0.152. The lowest BCUT2D eigenvalue weighted by Gasteiger charge is -2.14. The monoisotopic (exact) mass is 451 g/mol. The summed E-state index contributed by atoms with van der Waals surface area (Å²) in [6, 6.07) is 23.0. The Balaban J connectivity index is 1.56. The maximum atomic E-state index is 13.0. The lowest BCUT2D eigenvalue weighted by atomic mass is 10.1. The highest BCUT2D eigenvalue weighted by molar-refractivity contribution is 8.27. The molecule has 1 heterocycles. The molecule has 30 heavy (non-hydrogen) atoms. The normalized spacial score (nSPS) is 15.1. The van der Waals surface area contributed by atoms with Crippen LogP contribution in [0.1, 0.15) is 16.7 Å². The van der Waals surface area contributed by atoms with Gasteiger partial charge in [0.15, 0.2) is 4.32 Å². The lowest BCUT2D eigenvalue weighted by molar-refractivity contribution is -0.113. The summed E-state index contributed by atoms with van der Waals surface area (Å²) in [6.45, 7) is 2.51. The lowest BCUT2D eigenvalue weighted by Crippen LogP contribution is -2.27. The number of para-hydroxylation sites is 1. The van der Waals surface area contributed by atoms with E-state index in [0.29, 0.717) is 26.5 Å². The van der Waals surface area contributed by atoms with E-state index in [0.717, 1.165) is 16.9 Å². The summed E-state index contributed by atoms with van der Waals surface area (Å²) < 4.78 is 6.53. The molecule has 0 atom stereocenters. The molecule has 3 aromatic carbocycles. The van der Waals surface area contributed by atoms with Crippen LogP contribution in [0.4, 0.5) is 5.69 Å². The van der Waals surface area contributed by atoms with Gasteiger partial charge in [0.1, 0.15) is 12.4 Å². The Hall–Kier alpha value is -2.60. The summed E-state index contributed by atoms with van der Waals surface area (Å²) in [5, 5.41) is 0.611. The number of amides is 1. The van der Waals surface area contributed by atoms with Crippen LogP contribution in [0, 0.1) is 6.92 Å². The number of hydrogen-bond acceptors (Lipinski definition) is 4. The van der Waals surface area contributed by atoms with Gasteiger partial charge >= 0.3 is 0 Å². The highest BCUT2D eigenvalue weighted by atomic mass is 35.5. The Kier molecular flexibility index (Phi) is 6.23. The van der Waals surface area contributed by atoms with Crippen LogP contribution < -0.4 is 9.64 Å². The summed E-state index contributed by atoms with van der Waals surface area (Å²) in [5.74, 6) is 0.565. The molecule has 0 radical (unpaired) electrons. The number of thioether (sulfide) groups is 1. The van der Waals surface area contributed by atoms with E-state index in [9.17, 15) is 4.79 Å². The molecule has 0 bridgehead atoms. The molecule has 3 nitrogen and oxygen atoms in total. The Morgan fingerprint density at radius 1 is 1.03 bits per heavy atom. The maximum absolute atomic E-state index is 13.0. The molecule has 0 aromatic heterocycles. The predicted octanol–water partition coefficient (Wildman–Crippen LogP) is 6.63. The molecule has 0 unspecified atom stereocenters. The number of aryl methyl sites for hydroxylation is 1. The van der Waals surface area contributed by atoms with Crippen LogP contribution >= 0.6 is 35.6 Å².